The van der Waals surface area contributed by atoms with Crippen molar-refractivity contribution >= 4 is 38.2 Å². The number of nitrogens with zero attached hydrogens (tertiary/aromatic N) is 3. The van der Waals surface area contributed by atoms with Gasteiger partial charge in [0.2, 0.25) is 0 Å². The Morgan fingerprint density at radius 3 is 2.41 bits per heavy atom. The fraction of sp³-hybridized carbons (Fsp3) is 0.417. The Bertz CT molecular complexity index is 1320. The van der Waals surface area contributed by atoms with Gasteiger partial charge in [-0.1, -0.05) is 24.1 Å². The van der Waals surface area contributed by atoms with Crippen LogP contribution in [0.1, 0.15) is 31.3 Å². The Hall–Kier alpha value is -2.36. The van der Waals surface area contributed by atoms with Crippen molar-refractivity contribution in [2.45, 2.75) is 36.6 Å². The van der Waals surface area contributed by atoms with E-state index in [9.17, 15) is 17.2 Å². The zero-order valence-corrected chi connectivity index (χ0v) is 20.3. The quantitative estimate of drug-likeness (QED) is 0.460. The molecule has 0 bridgehead atoms. The van der Waals surface area contributed by atoms with Gasteiger partial charge in [0.25, 0.3) is 16.4 Å². The zero-order chi connectivity index (χ0) is 24.0. The van der Waals surface area contributed by atoms with Crippen LogP contribution >= 0.6 is 11.6 Å². The van der Waals surface area contributed by atoms with Crippen molar-refractivity contribution in [3.8, 4) is 5.75 Å². The standard InChI is InChI=1S/C24H26ClF2N3O3S/c1-33-23-8-6-18(14-22(23)29-11-9-28(10-12-29)17-3-2-4-17)34(31,32)30-15-20(24(26)27)19-7-5-16(25)13-21(19)30/h5-8,13-15,17,24H,2-4,9-12H2,1H3. The second-order valence-corrected chi connectivity index (χ2v) is 11.0. The summed E-state index contributed by atoms with van der Waals surface area (Å²) in [6, 6.07) is 9.59. The van der Waals surface area contributed by atoms with Crippen molar-refractivity contribution in [2.75, 3.05) is 38.2 Å². The zero-order valence-electron chi connectivity index (χ0n) is 18.8. The molecule has 0 radical (unpaired) electrons. The van der Waals surface area contributed by atoms with E-state index in [-0.39, 0.29) is 26.4 Å². The molecule has 0 spiro atoms. The van der Waals surface area contributed by atoms with Crippen LogP contribution in [0.5, 0.6) is 5.75 Å². The van der Waals surface area contributed by atoms with E-state index < -0.39 is 16.4 Å². The lowest BCUT2D eigenvalue weighted by molar-refractivity contribution is 0.120. The molecule has 0 amide bonds. The summed E-state index contributed by atoms with van der Waals surface area (Å²) < 4.78 is 61.0. The third kappa shape index (κ3) is 4.03. The van der Waals surface area contributed by atoms with Gasteiger partial charge in [0.05, 0.1) is 23.2 Å². The first kappa shape index (κ1) is 23.4. The minimum Gasteiger partial charge on any atom is -0.495 e. The molecular weight excluding hydrogens is 484 g/mol. The van der Waals surface area contributed by atoms with Crippen LogP contribution < -0.4 is 9.64 Å². The molecule has 1 aliphatic heterocycles. The van der Waals surface area contributed by atoms with Gasteiger partial charge in [-0.3, -0.25) is 4.90 Å². The van der Waals surface area contributed by atoms with Gasteiger partial charge in [0, 0.05) is 54.4 Å². The first-order valence-electron chi connectivity index (χ1n) is 11.3. The Labute approximate surface area is 202 Å². The van der Waals surface area contributed by atoms with Gasteiger partial charge in [0.1, 0.15) is 5.75 Å². The van der Waals surface area contributed by atoms with Crippen LogP contribution in [-0.4, -0.2) is 56.6 Å². The molecule has 10 heteroatoms. The summed E-state index contributed by atoms with van der Waals surface area (Å²) in [6.45, 7) is 3.33. The average molecular weight is 510 g/mol. The predicted molar refractivity (Wildman–Crippen MR) is 129 cm³/mol. The van der Waals surface area contributed by atoms with Crippen molar-refractivity contribution < 1.29 is 21.9 Å². The highest BCUT2D eigenvalue weighted by Gasteiger charge is 2.30. The number of fused-ring (bicyclic) bond motifs is 1. The molecule has 3 aromatic rings. The summed E-state index contributed by atoms with van der Waals surface area (Å²) >= 11 is 6.07. The van der Waals surface area contributed by atoms with Gasteiger partial charge in [-0.25, -0.2) is 21.2 Å². The molecule has 2 heterocycles. The van der Waals surface area contributed by atoms with E-state index in [4.69, 9.17) is 16.3 Å². The van der Waals surface area contributed by atoms with Crippen molar-refractivity contribution in [2.24, 2.45) is 0 Å². The topological polar surface area (TPSA) is 54.8 Å². The third-order valence-electron chi connectivity index (χ3n) is 6.95. The summed E-state index contributed by atoms with van der Waals surface area (Å²) in [5.74, 6) is 0.574. The molecule has 1 saturated carbocycles. The van der Waals surface area contributed by atoms with Gasteiger partial charge in [-0.2, -0.15) is 0 Å². The highest BCUT2D eigenvalue weighted by molar-refractivity contribution is 7.90. The first-order chi connectivity index (χ1) is 16.3. The molecular formula is C24H26ClF2N3O3S. The summed E-state index contributed by atoms with van der Waals surface area (Å²) in [5.41, 5.74) is 0.450. The Balaban J connectivity index is 1.52. The molecule has 0 unspecified atom stereocenters. The summed E-state index contributed by atoms with van der Waals surface area (Å²) in [5, 5.41) is 0.423. The maximum Gasteiger partial charge on any atom is 0.268 e. The van der Waals surface area contributed by atoms with Crippen LogP contribution in [0.4, 0.5) is 14.5 Å². The number of anilines is 1. The largest absolute Gasteiger partial charge is 0.495 e. The molecule has 1 saturated heterocycles. The van der Waals surface area contributed by atoms with Crippen LogP contribution in [0.3, 0.4) is 0 Å². The molecule has 2 fully saturated rings. The van der Waals surface area contributed by atoms with Crippen molar-refractivity contribution in [3.63, 3.8) is 0 Å². The number of methoxy groups -OCH3 is 1. The van der Waals surface area contributed by atoms with Crippen LogP contribution in [0.25, 0.3) is 10.9 Å². The number of halogens is 3. The molecule has 0 N–H and O–H groups in total. The first-order valence-corrected chi connectivity index (χ1v) is 13.1. The second kappa shape index (κ2) is 9.02. The van der Waals surface area contributed by atoms with Crippen molar-refractivity contribution in [1.82, 2.24) is 8.87 Å². The molecule has 5 rings (SSSR count). The Morgan fingerprint density at radius 2 is 1.79 bits per heavy atom. The van der Waals surface area contributed by atoms with Gasteiger partial charge in [-0.15, -0.1) is 0 Å². The highest BCUT2D eigenvalue weighted by Crippen LogP contribution is 2.37. The maximum absolute atomic E-state index is 13.7. The lowest BCUT2D eigenvalue weighted by Crippen LogP contribution is -2.52. The van der Waals surface area contributed by atoms with Gasteiger partial charge in [-0.05, 0) is 43.2 Å². The highest BCUT2D eigenvalue weighted by atomic mass is 35.5. The monoisotopic (exact) mass is 509 g/mol. The lowest BCUT2D eigenvalue weighted by Gasteiger charge is -2.43. The van der Waals surface area contributed by atoms with E-state index in [1.165, 1.54) is 43.5 Å². The Morgan fingerprint density at radius 1 is 1.06 bits per heavy atom. The second-order valence-electron chi connectivity index (χ2n) is 8.79. The summed E-state index contributed by atoms with van der Waals surface area (Å²) in [4.78, 5) is 4.62. The van der Waals surface area contributed by atoms with Crippen molar-refractivity contribution in [3.05, 3.63) is 53.2 Å². The SMILES string of the molecule is COc1ccc(S(=O)(=O)n2cc(C(F)F)c3ccc(Cl)cc32)cc1N1CCN(C2CCC2)CC1. The minimum atomic E-state index is -4.17. The maximum atomic E-state index is 13.7. The average Bonchev–Trinajstić information content (AvgIpc) is 3.18. The van der Waals surface area contributed by atoms with Crippen molar-refractivity contribution in [1.29, 1.82) is 0 Å². The fourth-order valence-corrected chi connectivity index (χ4v) is 6.40. The summed E-state index contributed by atoms with van der Waals surface area (Å²) in [6.07, 6.45) is 1.94. The number of piperazine rings is 1. The number of hydrogen-bond donors (Lipinski definition) is 0. The number of ether oxygens (including phenoxy) is 1. The van der Waals surface area contributed by atoms with E-state index in [0.717, 1.165) is 36.3 Å². The number of alkyl halides is 2. The molecule has 182 valence electrons. The molecule has 0 atom stereocenters. The van der Waals surface area contributed by atoms with Gasteiger partial charge in [0.15, 0.2) is 0 Å². The smallest absolute Gasteiger partial charge is 0.268 e. The molecule has 34 heavy (non-hydrogen) atoms. The van der Waals surface area contributed by atoms with Crippen LogP contribution in [0, 0.1) is 0 Å². The summed E-state index contributed by atoms with van der Waals surface area (Å²) in [7, 11) is -2.62. The molecule has 2 aromatic carbocycles. The molecule has 6 nitrogen and oxygen atoms in total. The van der Waals surface area contributed by atoms with Crippen LogP contribution in [0.15, 0.2) is 47.5 Å². The van der Waals surface area contributed by atoms with E-state index in [2.05, 4.69) is 9.80 Å². The lowest BCUT2D eigenvalue weighted by atomic mass is 9.91. The van der Waals surface area contributed by atoms with E-state index in [1.54, 1.807) is 19.2 Å². The fourth-order valence-electron chi connectivity index (χ4n) is 4.84. The van der Waals surface area contributed by atoms with E-state index >= 15 is 0 Å². The third-order valence-corrected chi connectivity index (χ3v) is 8.86. The van der Waals surface area contributed by atoms with Gasteiger partial charge < -0.3 is 9.64 Å². The van der Waals surface area contributed by atoms with E-state index in [1.807, 2.05) is 0 Å². The number of rotatable bonds is 6. The van der Waals surface area contributed by atoms with Gasteiger partial charge >= 0.3 is 0 Å². The molecule has 1 aliphatic carbocycles. The van der Waals surface area contributed by atoms with E-state index in [0.29, 0.717) is 17.5 Å². The number of aromatic nitrogens is 1. The minimum absolute atomic E-state index is 0.00224. The number of hydrogen-bond acceptors (Lipinski definition) is 5. The van der Waals surface area contributed by atoms with Crippen LogP contribution in [0.2, 0.25) is 5.02 Å². The number of benzene rings is 2. The predicted octanol–water partition coefficient (Wildman–Crippen LogP) is 5.15. The normalized spacial score (nSPS) is 18.0. The molecule has 1 aromatic heterocycles. The molecule has 2 aliphatic rings. The van der Waals surface area contributed by atoms with Crippen LogP contribution in [-0.2, 0) is 10.0 Å². The Kier molecular flexibility index (Phi) is 6.20.